The maximum absolute atomic E-state index is 10.5. The second-order valence-electron chi connectivity index (χ2n) is 4.19. The van der Waals surface area contributed by atoms with E-state index in [4.69, 9.17) is 15.1 Å². The Hall–Kier alpha value is -3.13. The van der Waals surface area contributed by atoms with Crippen molar-refractivity contribution < 1.29 is 14.6 Å². The number of hydrogen-bond donors (Lipinski definition) is 1. The number of carbonyl (C=O) groups is 1. The van der Waals surface area contributed by atoms with Gasteiger partial charge in [0.05, 0.1) is 0 Å². The van der Waals surface area contributed by atoms with Crippen LogP contribution in [-0.4, -0.2) is 16.1 Å². The molecule has 0 saturated heterocycles. The van der Waals surface area contributed by atoms with Gasteiger partial charge in [-0.2, -0.15) is 5.26 Å². The Bertz CT molecular complexity index is 717. The average molecular weight is 280 g/mol. The molecular formula is C16H12N2O3. The molecule has 0 bridgehead atoms. The van der Waals surface area contributed by atoms with E-state index in [1.54, 1.807) is 42.6 Å². The molecule has 2 aromatic rings. The summed E-state index contributed by atoms with van der Waals surface area (Å²) >= 11 is 0. The normalized spacial score (nSPS) is 10.2. The van der Waals surface area contributed by atoms with Crippen LogP contribution in [0.4, 0.5) is 0 Å². The highest BCUT2D eigenvalue weighted by atomic mass is 16.5. The monoisotopic (exact) mass is 280 g/mol. The number of nitriles is 1. The zero-order chi connectivity index (χ0) is 15.1. The summed E-state index contributed by atoms with van der Waals surface area (Å²) < 4.78 is 5.62. The Balaban J connectivity index is 2.04. The van der Waals surface area contributed by atoms with Crippen molar-refractivity contribution in [1.29, 1.82) is 5.26 Å². The molecule has 21 heavy (non-hydrogen) atoms. The molecule has 0 atom stereocenters. The highest BCUT2D eigenvalue weighted by Crippen LogP contribution is 2.16. The number of carboxylic acid groups (broad SMARTS) is 1. The molecular weight excluding hydrogens is 268 g/mol. The summed E-state index contributed by atoms with van der Waals surface area (Å²) in [7, 11) is 0. The zero-order valence-electron chi connectivity index (χ0n) is 11.1. The van der Waals surface area contributed by atoms with Gasteiger partial charge in [-0.05, 0) is 41.5 Å². The summed E-state index contributed by atoms with van der Waals surface area (Å²) in [5.41, 5.74) is 1.92. The highest BCUT2D eigenvalue weighted by Gasteiger charge is 1.99. The van der Waals surface area contributed by atoms with Crippen LogP contribution in [0.1, 0.15) is 16.8 Å². The fourth-order valence-corrected chi connectivity index (χ4v) is 1.67. The van der Waals surface area contributed by atoms with Crippen molar-refractivity contribution in [3.05, 3.63) is 65.5 Å². The molecule has 0 spiro atoms. The van der Waals surface area contributed by atoms with Crippen LogP contribution in [0, 0.1) is 11.3 Å². The molecule has 1 N–H and O–H groups in total. The number of aromatic nitrogens is 1. The van der Waals surface area contributed by atoms with Crippen molar-refractivity contribution in [2.24, 2.45) is 0 Å². The van der Waals surface area contributed by atoms with Crippen LogP contribution in [0.15, 0.2) is 48.7 Å². The smallest absolute Gasteiger partial charge is 0.328 e. The van der Waals surface area contributed by atoms with E-state index in [0.717, 1.165) is 17.2 Å². The first-order chi connectivity index (χ1) is 10.2. The third kappa shape index (κ3) is 4.48. The molecule has 2 rings (SSSR count). The molecule has 104 valence electrons. The summed E-state index contributed by atoms with van der Waals surface area (Å²) in [5, 5.41) is 17.4. The van der Waals surface area contributed by atoms with Gasteiger partial charge in [0.1, 0.15) is 24.1 Å². The Kier molecular flexibility index (Phi) is 4.67. The van der Waals surface area contributed by atoms with Crippen LogP contribution in [0.5, 0.6) is 5.75 Å². The van der Waals surface area contributed by atoms with E-state index in [1.807, 2.05) is 6.07 Å². The lowest BCUT2D eigenvalue weighted by atomic mass is 10.2. The third-order valence-corrected chi connectivity index (χ3v) is 2.62. The lowest BCUT2D eigenvalue weighted by molar-refractivity contribution is -0.131. The number of pyridine rings is 1. The average Bonchev–Trinajstić information content (AvgIpc) is 2.51. The molecule has 0 amide bonds. The van der Waals surface area contributed by atoms with Crippen molar-refractivity contribution in [2.75, 3.05) is 0 Å². The number of carboxylic acids is 1. The first-order valence-corrected chi connectivity index (χ1v) is 6.16. The predicted molar refractivity (Wildman–Crippen MR) is 76.4 cm³/mol. The van der Waals surface area contributed by atoms with Crippen molar-refractivity contribution >= 4 is 12.0 Å². The topological polar surface area (TPSA) is 83.2 Å². The second kappa shape index (κ2) is 6.87. The maximum Gasteiger partial charge on any atom is 0.328 e. The van der Waals surface area contributed by atoms with Gasteiger partial charge in [-0.25, -0.2) is 9.78 Å². The van der Waals surface area contributed by atoms with Gasteiger partial charge in [-0.15, -0.1) is 0 Å². The molecule has 0 aliphatic carbocycles. The summed E-state index contributed by atoms with van der Waals surface area (Å²) in [5.74, 6) is -0.375. The summed E-state index contributed by atoms with van der Waals surface area (Å²) in [4.78, 5) is 14.4. The van der Waals surface area contributed by atoms with Crippen molar-refractivity contribution in [3.8, 4) is 11.8 Å². The molecule has 1 aromatic heterocycles. The summed E-state index contributed by atoms with van der Waals surface area (Å²) in [6.45, 7) is 0.309. The molecule has 0 aliphatic heterocycles. The highest BCUT2D eigenvalue weighted by molar-refractivity contribution is 5.85. The lowest BCUT2D eigenvalue weighted by Crippen LogP contribution is -1.97. The van der Waals surface area contributed by atoms with Gasteiger partial charge in [0.25, 0.3) is 0 Å². The fourth-order valence-electron chi connectivity index (χ4n) is 1.67. The Labute approximate surface area is 121 Å². The van der Waals surface area contributed by atoms with E-state index in [-0.39, 0.29) is 0 Å². The zero-order valence-corrected chi connectivity index (χ0v) is 11.1. The number of benzene rings is 1. The van der Waals surface area contributed by atoms with E-state index >= 15 is 0 Å². The van der Waals surface area contributed by atoms with Crippen LogP contribution in [0.25, 0.3) is 6.08 Å². The van der Waals surface area contributed by atoms with Gasteiger partial charge >= 0.3 is 5.97 Å². The van der Waals surface area contributed by atoms with Crippen molar-refractivity contribution in [3.63, 3.8) is 0 Å². The van der Waals surface area contributed by atoms with Gasteiger partial charge in [0.2, 0.25) is 0 Å². The number of rotatable bonds is 5. The van der Waals surface area contributed by atoms with Crippen LogP contribution in [0.2, 0.25) is 0 Å². The van der Waals surface area contributed by atoms with Gasteiger partial charge in [0.15, 0.2) is 0 Å². The van der Waals surface area contributed by atoms with Crippen molar-refractivity contribution in [1.82, 2.24) is 4.98 Å². The minimum atomic E-state index is -0.998. The lowest BCUT2D eigenvalue weighted by Gasteiger charge is -2.07. The summed E-state index contributed by atoms with van der Waals surface area (Å²) in [6, 6.07) is 12.5. The van der Waals surface area contributed by atoms with Gasteiger partial charge in [0, 0.05) is 12.3 Å². The van der Waals surface area contributed by atoms with Crippen LogP contribution in [-0.2, 0) is 11.4 Å². The molecule has 5 nitrogen and oxygen atoms in total. The summed E-state index contributed by atoms with van der Waals surface area (Å²) in [6.07, 6.45) is 4.12. The van der Waals surface area contributed by atoms with Gasteiger partial charge < -0.3 is 9.84 Å². The number of aliphatic carboxylic acids is 1. The quantitative estimate of drug-likeness (QED) is 0.851. The Morgan fingerprint density at radius 1 is 1.38 bits per heavy atom. The van der Waals surface area contributed by atoms with E-state index < -0.39 is 5.97 Å². The van der Waals surface area contributed by atoms with Crippen molar-refractivity contribution in [2.45, 2.75) is 6.61 Å². The van der Waals surface area contributed by atoms with Crippen LogP contribution in [0.3, 0.4) is 0 Å². The molecule has 1 aromatic carbocycles. The largest absolute Gasteiger partial charge is 0.489 e. The van der Waals surface area contributed by atoms with E-state index in [2.05, 4.69) is 4.98 Å². The van der Waals surface area contributed by atoms with Gasteiger partial charge in [-0.3, -0.25) is 0 Å². The van der Waals surface area contributed by atoms with E-state index in [0.29, 0.717) is 18.1 Å². The predicted octanol–water partition coefficient (Wildman–Crippen LogP) is 2.63. The molecule has 0 unspecified atom stereocenters. The fraction of sp³-hybridized carbons (Fsp3) is 0.0625. The van der Waals surface area contributed by atoms with Crippen LogP contribution < -0.4 is 4.74 Å². The maximum atomic E-state index is 10.5. The minimum Gasteiger partial charge on any atom is -0.489 e. The molecule has 0 saturated carbocycles. The molecule has 0 radical (unpaired) electrons. The minimum absolute atomic E-state index is 0.309. The standard InChI is InChI=1S/C16H12N2O3/c17-10-14-8-13(6-7-18-14)11-21-15-3-1-2-12(9-15)4-5-16(19)20/h1-9H,11H2,(H,19,20). The first-order valence-electron chi connectivity index (χ1n) is 6.16. The van der Waals surface area contributed by atoms with E-state index in [9.17, 15) is 4.79 Å². The molecule has 0 aliphatic rings. The molecule has 5 heteroatoms. The molecule has 1 heterocycles. The molecule has 0 fully saturated rings. The SMILES string of the molecule is N#Cc1cc(COc2cccc(C=CC(=O)O)c2)ccn1. The first kappa shape index (κ1) is 14.3. The number of ether oxygens (including phenoxy) is 1. The Morgan fingerprint density at radius 2 is 2.24 bits per heavy atom. The van der Waals surface area contributed by atoms with Gasteiger partial charge in [-0.1, -0.05) is 12.1 Å². The third-order valence-electron chi connectivity index (χ3n) is 2.62. The van der Waals surface area contributed by atoms with E-state index in [1.165, 1.54) is 6.08 Å². The number of hydrogen-bond acceptors (Lipinski definition) is 4. The Morgan fingerprint density at radius 3 is 3.00 bits per heavy atom. The number of nitrogens with zero attached hydrogens (tertiary/aromatic N) is 2. The second-order valence-corrected chi connectivity index (χ2v) is 4.19. The van der Waals surface area contributed by atoms with Crippen LogP contribution >= 0.6 is 0 Å².